The van der Waals surface area contributed by atoms with Gasteiger partial charge in [-0.05, 0) is 39.3 Å². The number of rotatable bonds is 5. The molecule has 2 fully saturated rings. The summed E-state index contributed by atoms with van der Waals surface area (Å²) in [6.45, 7) is 1.57. The van der Waals surface area contributed by atoms with Crippen LogP contribution >= 0.6 is 0 Å². The Balaban J connectivity index is 1.90. The number of aliphatic carboxylic acids is 1. The highest BCUT2D eigenvalue weighted by molar-refractivity contribution is 5.80. The monoisotopic (exact) mass is 269 g/mol. The molecule has 0 aromatic carbocycles. The Morgan fingerprint density at radius 3 is 2.47 bits per heavy atom. The number of carbonyl (C=O) groups excluding carboxylic acids is 1. The van der Waals surface area contributed by atoms with Crippen molar-refractivity contribution < 1.29 is 14.7 Å². The van der Waals surface area contributed by atoms with Gasteiger partial charge >= 0.3 is 12.0 Å². The molecule has 1 saturated heterocycles. The minimum atomic E-state index is -0.938. The van der Waals surface area contributed by atoms with E-state index in [2.05, 4.69) is 11.9 Å². The van der Waals surface area contributed by atoms with E-state index in [-0.39, 0.29) is 18.6 Å². The van der Waals surface area contributed by atoms with Crippen molar-refractivity contribution >= 4 is 12.0 Å². The van der Waals surface area contributed by atoms with E-state index in [1.165, 1.54) is 11.3 Å². The predicted octanol–water partition coefficient (Wildman–Crippen LogP) is 0.681. The molecule has 0 bridgehead atoms. The molecule has 1 aliphatic carbocycles. The number of nitrogens with zero attached hydrogens (tertiary/aromatic N) is 3. The van der Waals surface area contributed by atoms with E-state index >= 15 is 0 Å². The SMILES string of the molecule is CN(CC1CCCN1C)C(=O)N(CC(=O)O)C1CC1. The van der Waals surface area contributed by atoms with Gasteiger partial charge in [0.1, 0.15) is 6.54 Å². The van der Waals surface area contributed by atoms with Crippen LogP contribution in [0, 0.1) is 0 Å². The molecule has 0 aromatic heterocycles. The fraction of sp³-hybridized carbons (Fsp3) is 0.846. The number of hydrogen-bond acceptors (Lipinski definition) is 3. The van der Waals surface area contributed by atoms with Crippen LogP contribution in [-0.2, 0) is 4.79 Å². The Kier molecular flexibility index (Phi) is 4.29. The van der Waals surface area contributed by atoms with Crippen molar-refractivity contribution in [2.45, 2.75) is 37.8 Å². The largest absolute Gasteiger partial charge is 0.480 e. The van der Waals surface area contributed by atoms with Crippen molar-refractivity contribution in [3.05, 3.63) is 0 Å². The van der Waals surface area contributed by atoms with E-state index in [1.54, 1.807) is 11.9 Å². The van der Waals surface area contributed by atoms with E-state index in [0.717, 1.165) is 25.8 Å². The summed E-state index contributed by atoms with van der Waals surface area (Å²) < 4.78 is 0. The molecule has 2 amide bonds. The van der Waals surface area contributed by atoms with Gasteiger partial charge in [0.15, 0.2) is 0 Å². The average Bonchev–Trinajstić information content (AvgIpc) is 3.11. The molecule has 2 aliphatic rings. The van der Waals surface area contributed by atoms with Crippen LogP contribution in [0.1, 0.15) is 25.7 Å². The summed E-state index contributed by atoms with van der Waals surface area (Å²) in [6, 6.07) is 0.386. The molecule has 108 valence electrons. The number of urea groups is 1. The lowest BCUT2D eigenvalue weighted by Gasteiger charge is -2.30. The molecule has 1 atom stereocenters. The first-order valence-electron chi connectivity index (χ1n) is 6.93. The molecule has 6 nitrogen and oxygen atoms in total. The third-order valence-corrected chi connectivity index (χ3v) is 4.02. The highest BCUT2D eigenvalue weighted by Gasteiger charge is 2.36. The van der Waals surface area contributed by atoms with Crippen molar-refractivity contribution in [3.63, 3.8) is 0 Å². The molecule has 1 N–H and O–H groups in total. The van der Waals surface area contributed by atoms with Gasteiger partial charge in [-0.1, -0.05) is 0 Å². The molecule has 1 saturated carbocycles. The number of carboxylic acids is 1. The summed E-state index contributed by atoms with van der Waals surface area (Å²) in [4.78, 5) is 28.6. The second-order valence-electron chi connectivity index (χ2n) is 5.69. The molecular weight excluding hydrogens is 246 g/mol. The maximum Gasteiger partial charge on any atom is 0.323 e. The summed E-state index contributed by atoms with van der Waals surface area (Å²) in [5, 5.41) is 8.90. The average molecular weight is 269 g/mol. The molecule has 6 heteroatoms. The van der Waals surface area contributed by atoms with Gasteiger partial charge in [-0.2, -0.15) is 0 Å². The van der Waals surface area contributed by atoms with E-state index < -0.39 is 5.97 Å². The number of carbonyl (C=O) groups is 2. The minimum Gasteiger partial charge on any atom is -0.480 e. The Morgan fingerprint density at radius 1 is 1.32 bits per heavy atom. The van der Waals surface area contributed by atoms with Gasteiger partial charge in [-0.3, -0.25) is 4.79 Å². The smallest absolute Gasteiger partial charge is 0.323 e. The predicted molar refractivity (Wildman–Crippen MR) is 71.0 cm³/mol. The highest BCUT2D eigenvalue weighted by atomic mass is 16.4. The second-order valence-corrected chi connectivity index (χ2v) is 5.69. The van der Waals surface area contributed by atoms with Crippen molar-refractivity contribution in [2.75, 3.05) is 33.7 Å². The lowest BCUT2D eigenvalue weighted by atomic mass is 10.2. The summed E-state index contributed by atoms with van der Waals surface area (Å²) in [5.74, 6) is -0.938. The molecule has 2 rings (SSSR count). The van der Waals surface area contributed by atoms with E-state index in [4.69, 9.17) is 5.11 Å². The van der Waals surface area contributed by atoms with Crippen molar-refractivity contribution in [3.8, 4) is 0 Å². The standard InChI is InChI=1S/C13H23N3O3/c1-14-7-3-4-11(14)8-15(2)13(19)16(9-12(17)18)10-5-6-10/h10-11H,3-9H2,1-2H3,(H,17,18). The van der Waals surface area contributed by atoms with Crippen molar-refractivity contribution in [2.24, 2.45) is 0 Å². The zero-order valence-electron chi connectivity index (χ0n) is 11.7. The number of amides is 2. The molecule has 1 unspecified atom stereocenters. The van der Waals surface area contributed by atoms with Crippen LogP contribution < -0.4 is 0 Å². The Labute approximate surface area is 114 Å². The lowest BCUT2D eigenvalue weighted by molar-refractivity contribution is -0.137. The zero-order valence-corrected chi connectivity index (χ0v) is 11.7. The highest BCUT2D eigenvalue weighted by Crippen LogP contribution is 2.27. The fourth-order valence-corrected chi connectivity index (χ4v) is 2.71. The molecule has 19 heavy (non-hydrogen) atoms. The van der Waals surface area contributed by atoms with Crippen LogP contribution in [0.4, 0.5) is 4.79 Å². The van der Waals surface area contributed by atoms with Crippen LogP contribution in [0.5, 0.6) is 0 Å². The van der Waals surface area contributed by atoms with Crippen LogP contribution in [-0.4, -0.2) is 77.6 Å². The van der Waals surface area contributed by atoms with Gasteiger partial charge in [-0.15, -0.1) is 0 Å². The number of likely N-dealkylation sites (tertiary alicyclic amines) is 1. The van der Waals surface area contributed by atoms with E-state index in [9.17, 15) is 9.59 Å². The van der Waals surface area contributed by atoms with Gasteiger partial charge in [0.2, 0.25) is 0 Å². The molecule has 1 aliphatic heterocycles. The zero-order chi connectivity index (χ0) is 14.0. The van der Waals surface area contributed by atoms with Crippen LogP contribution in [0.2, 0.25) is 0 Å². The minimum absolute atomic E-state index is 0.132. The molecule has 1 heterocycles. The van der Waals surface area contributed by atoms with Gasteiger partial charge in [0.25, 0.3) is 0 Å². The summed E-state index contributed by atoms with van der Waals surface area (Å²) in [5.41, 5.74) is 0. The van der Waals surface area contributed by atoms with Gasteiger partial charge in [0.05, 0.1) is 0 Å². The molecule has 0 radical (unpaired) electrons. The summed E-state index contributed by atoms with van der Waals surface area (Å²) in [6.07, 6.45) is 4.13. The lowest BCUT2D eigenvalue weighted by Crippen LogP contribution is -2.48. The van der Waals surface area contributed by atoms with Gasteiger partial charge in [-0.25, -0.2) is 4.79 Å². The molecule has 0 spiro atoms. The van der Waals surface area contributed by atoms with Gasteiger partial charge in [0, 0.05) is 25.7 Å². The quantitative estimate of drug-likeness (QED) is 0.797. The Hall–Kier alpha value is -1.30. The maximum atomic E-state index is 12.3. The van der Waals surface area contributed by atoms with Crippen LogP contribution in [0.25, 0.3) is 0 Å². The van der Waals surface area contributed by atoms with E-state index in [1.807, 2.05) is 0 Å². The van der Waals surface area contributed by atoms with Crippen LogP contribution in [0.3, 0.4) is 0 Å². The van der Waals surface area contributed by atoms with Crippen molar-refractivity contribution in [1.29, 1.82) is 0 Å². The number of carboxylic acid groups (broad SMARTS) is 1. The normalized spacial score (nSPS) is 23.4. The maximum absolute atomic E-state index is 12.3. The summed E-state index contributed by atoms with van der Waals surface area (Å²) in [7, 11) is 3.84. The Bertz CT molecular complexity index is 357. The Morgan fingerprint density at radius 2 is 2.00 bits per heavy atom. The van der Waals surface area contributed by atoms with Crippen LogP contribution in [0.15, 0.2) is 0 Å². The first-order chi connectivity index (χ1) is 8.99. The third-order valence-electron chi connectivity index (χ3n) is 4.02. The number of likely N-dealkylation sites (N-methyl/N-ethyl adjacent to an activating group) is 2. The molecule has 0 aromatic rings. The first-order valence-corrected chi connectivity index (χ1v) is 6.93. The third kappa shape index (κ3) is 3.59. The van der Waals surface area contributed by atoms with Gasteiger partial charge < -0.3 is 19.8 Å². The topological polar surface area (TPSA) is 64.1 Å². The molecular formula is C13H23N3O3. The van der Waals surface area contributed by atoms with Crippen molar-refractivity contribution in [1.82, 2.24) is 14.7 Å². The number of hydrogen-bond donors (Lipinski definition) is 1. The fourth-order valence-electron chi connectivity index (χ4n) is 2.71. The second kappa shape index (κ2) is 5.77. The van der Waals surface area contributed by atoms with E-state index in [0.29, 0.717) is 12.6 Å². The summed E-state index contributed by atoms with van der Waals surface area (Å²) >= 11 is 0. The first kappa shape index (κ1) is 14.1.